The minimum Gasteiger partial charge on any atom is -0.454 e. The molecule has 2 aliphatic rings. The van der Waals surface area contributed by atoms with Gasteiger partial charge in [-0.05, 0) is 54.4 Å². The molecule has 35 heavy (non-hydrogen) atoms. The molecule has 3 aromatic rings. The van der Waals surface area contributed by atoms with Gasteiger partial charge in [-0.3, -0.25) is 14.4 Å². The molecule has 0 aliphatic carbocycles. The summed E-state index contributed by atoms with van der Waals surface area (Å²) in [6, 6.07) is 16.5. The first-order valence-electron chi connectivity index (χ1n) is 10.8. The lowest BCUT2D eigenvalue weighted by Gasteiger charge is -2.16. The van der Waals surface area contributed by atoms with Crippen LogP contribution in [0.1, 0.15) is 42.2 Å². The molecule has 2 heterocycles. The van der Waals surface area contributed by atoms with Gasteiger partial charge in [-0.1, -0.05) is 24.3 Å². The molecule has 0 unspecified atom stereocenters. The van der Waals surface area contributed by atoms with Crippen LogP contribution in [0.25, 0.3) is 0 Å². The van der Waals surface area contributed by atoms with Gasteiger partial charge in [0.05, 0.1) is 22.4 Å². The van der Waals surface area contributed by atoms with Crippen LogP contribution in [0.15, 0.2) is 60.7 Å². The van der Waals surface area contributed by atoms with E-state index in [1.165, 1.54) is 18.2 Å². The molecule has 1 N–H and O–H groups in total. The summed E-state index contributed by atoms with van der Waals surface area (Å²) < 4.78 is 15.7. The lowest BCUT2D eigenvalue weighted by molar-refractivity contribution is -0.124. The lowest BCUT2D eigenvalue weighted by atomic mass is 10.1. The largest absolute Gasteiger partial charge is 0.454 e. The smallest absolute Gasteiger partial charge is 0.338 e. The third-order valence-electron chi connectivity index (χ3n) is 5.74. The zero-order valence-electron chi connectivity index (χ0n) is 18.7. The predicted molar refractivity (Wildman–Crippen MR) is 123 cm³/mol. The predicted octanol–water partition coefficient (Wildman–Crippen LogP) is 3.00. The Balaban J connectivity index is 1.21. The fourth-order valence-electron chi connectivity index (χ4n) is 3.92. The standard InChI is InChI=1S/C26H20N2O7/c1-15-4-2-3-5-20(15)28-24(30)18-8-7-17(11-19(18)25(28)31)26(32)33-13-23(29)27-12-16-6-9-21-22(10-16)35-14-34-21/h2-11H,12-14H2,1H3,(H,27,29). The quantitative estimate of drug-likeness (QED) is 0.434. The third kappa shape index (κ3) is 4.19. The Morgan fingerprint density at radius 1 is 0.943 bits per heavy atom. The van der Waals surface area contributed by atoms with Crippen molar-refractivity contribution in [3.63, 3.8) is 0 Å². The highest BCUT2D eigenvalue weighted by Crippen LogP contribution is 2.33. The molecule has 0 radical (unpaired) electrons. The maximum Gasteiger partial charge on any atom is 0.338 e. The van der Waals surface area contributed by atoms with Crippen molar-refractivity contribution in [2.45, 2.75) is 13.5 Å². The number of benzene rings is 3. The lowest BCUT2D eigenvalue weighted by Crippen LogP contribution is -2.30. The topological polar surface area (TPSA) is 111 Å². The minimum absolute atomic E-state index is 0.0695. The number of imide groups is 1. The van der Waals surface area contributed by atoms with Crippen molar-refractivity contribution in [2.75, 3.05) is 18.3 Å². The number of esters is 1. The number of rotatable bonds is 6. The van der Waals surface area contributed by atoms with Crippen LogP contribution in [0.4, 0.5) is 5.69 Å². The second-order valence-electron chi connectivity index (χ2n) is 8.03. The van der Waals surface area contributed by atoms with Gasteiger partial charge in [0.1, 0.15) is 0 Å². The van der Waals surface area contributed by atoms with Crippen molar-refractivity contribution in [3.05, 3.63) is 88.5 Å². The monoisotopic (exact) mass is 472 g/mol. The van der Waals surface area contributed by atoms with Crippen LogP contribution in [-0.4, -0.2) is 37.1 Å². The van der Waals surface area contributed by atoms with Crippen LogP contribution >= 0.6 is 0 Å². The maximum absolute atomic E-state index is 13.0. The van der Waals surface area contributed by atoms with Crippen molar-refractivity contribution in [1.29, 1.82) is 0 Å². The average Bonchev–Trinajstić information content (AvgIpc) is 3.43. The average molecular weight is 472 g/mol. The number of nitrogens with one attached hydrogen (secondary N) is 1. The molecule has 2 aliphatic heterocycles. The maximum atomic E-state index is 13.0. The number of para-hydroxylation sites is 1. The molecule has 0 spiro atoms. The summed E-state index contributed by atoms with van der Waals surface area (Å²) in [4.78, 5) is 51.5. The summed E-state index contributed by atoms with van der Waals surface area (Å²) in [6.45, 7) is 1.69. The second kappa shape index (κ2) is 8.94. The summed E-state index contributed by atoms with van der Waals surface area (Å²) in [6.07, 6.45) is 0. The van der Waals surface area contributed by atoms with E-state index in [0.717, 1.165) is 16.0 Å². The fraction of sp³-hybridized carbons (Fsp3) is 0.154. The van der Waals surface area contributed by atoms with Crippen LogP contribution in [-0.2, 0) is 16.1 Å². The Bertz CT molecular complexity index is 1380. The molecule has 0 fully saturated rings. The first-order chi connectivity index (χ1) is 16.9. The zero-order valence-corrected chi connectivity index (χ0v) is 18.7. The van der Waals surface area contributed by atoms with E-state index < -0.39 is 30.3 Å². The zero-order chi connectivity index (χ0) is 24.5. The third-order valence-corrected chi connectivity index (χ3v) is 5.74. The van der Waals surface area contributed by atoms with Crippen LogP contribution in [0, 0.1) is 6.92 Å². The molecule has 0 aromatic heterocycles. The Morgan fingerprint density at radius 2 is 1.71 bits per heavy atom. The van der Waals surface area contributed by atoms with Gasteiger partial charge >= 0.3 is 5.97 Å². The Labute approximate surface area is 200 Å². The van der Waals surface area contributed by atoms with E-state index in [0.29, 0.717) is 17.2 Å². The Hall–Kier alpha value is -4.66. The van der Waals surface area contributed by atoms with Gasteiger partial charge in [0, 0.05) is 6.54 Å². The molecular weight excluding hydrogens is 452 g/mol. The van der Waals surface area contributed by atoms with E-state index >= 15 is 0 Å². The van der Waals surface area contributed by atoms with Gasteiger partial charge in [0.2, 0.25) is 6.79 Å². The van der Waals surface area contributed by atoms with Gasteiger partial charge in [-0.2, -0.15) is 0 Å². The number of nitrogens with zero attached hydrogens (tertiary/aromatic N) is 1. The van der Waals surface area contributed by atoms with Crippen molar-refractivity contribution in [3.8, 4) is 11.5 Å². The van der Waals surface area contributed by atoms with Crippen molar-refractivity contribution in [1.82, 2.24) is 5.32 Å². The molecule has 9 nitrogen and oxygen atoms in total. The van der Waals surface area contributed by atoms with Crippen LogP contribution < -0.4 is 19.7 Å². The number of carbonyl (C=O) groups is 4. The van der Waals surface area contributed by atoms with E-state index in [9.17, 15) is 19.2 Å². The fourth-order valence-corrected chi connectivity index (χ4v) is 3.92. The molecule has 3 aromatic carbocycles. The van der Waals surface area contributed by atoms with Gasteiger partial charge in [-0.25, -0.2) is 9.69 Å². The highest BCUT2D eigenvalue weighted by atomic mass is 16.7. The van der Waals surface area contributed by atoms with E-state index in [1.807, 2.05) is 6.07 Å². The first-order valence-corrected chi connectivity index (χ1v) is 10.8. The van der Waals surface area contributed by atoms with Crippen molar-refractivity contribution >= 4 is 29.4 Å². The second-order valence-corrected chi connectivity index (χ2v) is 8.03. The van der Waals surface area contributed by atoms with E-state index in [2.05, 4.69) is 5.32 Å². The molecule has 5 rings (SSSR count). The van der Waals surface area contributed by atoms with Crippen molar-refractivity contribution < 1.29 is 33.4 Å². The minimum atomic E-state index is -0.777. The Morgan fingerprint density at radius 3 is 2.54 bits per heavy atom. The molecule has 0 saturated carbocycles. The SMILES string of the molecule is Cc1ccccc1N1C(=O)c2ccc(C(=O)OCC(=O)NCc3ccc4c(c3)OCO4)cc2C1=O. The van der Waals surface area contributed by atoms with Gasteiger partial charge in [0.15, 0.2) is 18.1 Å². The molecule has 0 atom stereocenters. The number of hydrogen-bond acceptors (Lipinski definition) is 7. The van der Waals surface area contributed by atoms with Crippen LogP contribution in [0.3, 0.4) is 0 Å². The normalized spacial score (nSPS) is 13.6. The Kier molecular flexibility index (Phi) is 5.66. The number of ether oxygens (including phenoxy) is 3. The molecule has 0 bridgehead atoms. The van der Waals surface area contributed by atoms with E-state index in [1.54, 1.807) is 43.3 Å². The number of anilines is 1. The van der Waals surface area contributed by atoms with Crippen LogP contribution in [0.2, 0.25) is 0 Å². The highest BCUT2D eigenvalue weighted by Gasteiger charge is 2.37. The van der Waals surface area contributed by atoms with E-state index in [-0.39, 0.29) is 30.0 Å². The number of amides is 3. The van der Waals surface area contributed by atoms with E-state index in [4.69, 9.17) is 14.2 Å². The van der Waals surface area contributed by atoms with Gasteiger partial charge in [0.25, 0.3) is 17.7 Å². The summed E-state index contributed by atoms with van der Waals surface area (Å²) in [5.74, 6) is -0.994. The molecule has 0 saturated heterocycles. The number of aryl methyl sites for hydroxylation is 1. The molecular formula is C26H20N2O7. The summed E-state index contributed by atoms with van der Waals surface area (Å²) in [5, 5.41) is 2.66. The number of hydrogen-bond donors (Lipinski definition) is 1. The molecule has 3 amide bonds. The number of fused-ring (bicyclic) bond motifs is 2. The molecule has 9 heteroatoms. The van der Waals surface area contributed by atoms with Gasteiger partial charge in [-0.15, -0.1) is 0 Å². The first kappa shape index (κ1) is 22.1. The summed E-state index contributed by atoms with van der Waals surface area (Å²) in [5.41, 5.74) is 2.45. The van der Waals surface area contributed by atoms with Crippen molar-refractivity contribution in [2.24, 2.45) is 0 Å². The highest BCUT2D eigenvalue weighted by molar-refractivity contribution is 6.34. The summed E-state index contributed by atoms with van der Waals surface area (Å²) >= 11 is 0. The van der Waals surface area contributed by atoms with Crippen LogP contribution in [0.5, 0.6) is 11.5 Å². The van der Waals surface area contributed by atoms with Gasteiger partial charge < -0.3 is 19.5 Å². The molecule has 176 valence electrons. The number of carbonyl (C=O) groups excluding carboxylic acids is 4. The summed E-state index contributed by atoms with van der Waals surface area (Å²) in [7, 11) is 0.